The van der Waals surface area contributed by atoms with Crippen molar-refractivity contribution in [2.45, 2.75) is 6.10 Å². The first-order valence-electron chi connectivity index (χ1n) is 6.70. The van der Waals surface area contributed by atoms with Crippen LogP contribution in [-0.2, 0) is 4.74 Å². The van der Waals surface area contributed by atoms with Gasteiger partial charge >= 0.3 is 0 Å². The Hall–Kier alpha value is -2.25. The number of carbonyl (C=O) groups is 1. The van der Waals surface area contributed by atoms with Gasteiger partial charge in [0.2, 0.25) is 0 Å². The van der Waals surface area contributed by atoms with Gasteiger partial charge < -0.3 is 14.7 Å². The summed E-state index contributed by atoms with van der Waals surface area (Å²) in [5.41, 5.74) is -0.110. The Morgan fingerprint density at radius 1 is 1.43 bits per heavy atom. The van der Waals surface area contributed by atoms with E-state index >= 15 is 0 Å². The highest BCUT2D eigenvalue weighted by Gasteiger charge is 2.26. The zero-order valence-electron chi connectivity index (χ0n) is 11.3. The first kappa shape index (κ1) is 13.7. The quantitative estimate of drug-likeness (QED) is 0.795. The molecule has 7 heteroatoms. The molecule has 1 saturated heterocycles. The number of aromatic amines is 1. The number of aliphatic hydroxyl groups excluding tert-OH is 1. The van der Waals surface area contributed by atoms with E-state index < -0.39 is 0 Å². The fraction of sp³-hybridized carbons (Fsp3) is 0.357. The first-order chi connectivity index (χ1) is 10.2. The third-order valence-electron chi connectivity index (χ3n) is 3.53. The number of amides is 1. The molecule has 1 amide bonds. The molecular weight excluding hydrogens is 274 g/mol. The maximum absolute atomic E-state index is 12.6. The van der Waals surface area contributed by atoms with Crippen molar-refractivity contribution >= 4 is 16.7 Å². The van der Waals surface area contributed by atoms with Crippen molar-refractivity contribution in [1.82, 2.24) is 15.1 Å². The monoisotopic (exact) mass is 289 g/mol. The molecule has 0 radical (unpaired) electrons. The van der Waals surface area contributed by atoms with E-state index in [0.29, 0.717) is 30.5 Å². The van der Waals surface area contributed by atoms with E-state index in [1.54, 1.807) is 29.2 Å². The Balaban J connectivity index is 1.98. The van der Waals surface area contributed by atoms with Crippen molar-refractivity contribution in [1.29, 1.82) is 0 Å². The van der Waals surface area contributed by atoms with Crippen LogP contribution in [0.4, 0.5) is 0 Å². The zero-order chi connectivity index (χ0) is 14.8. The Labute approximate surface area is 120 Å². The summed E-state index contributed by atoms with van der Waals surface area (Å²) in [6, 6.07) is 6.86. The van der Waals surface area contributed by atoms with Crippen molar-refractivity contribution in [2.24, 2.45) is 0 Å². The van der Waals surface area contributed by atoms with E-state index in [2.05, 4.69) is 10.2 Å². The van der Waals surface area contributed by atoms with Crippen LogP contribution in [0.25, 0.3) is 10.8 Å². The number of benzene rings is 1. The Morgan fingerprint density at radius 2 is 2.19 bits per heavy atom. The third kappa shape index (κ3) is 2.53. The number of hydrogen-bond donors (Lipinski definition) is 2. The third-order valence-corrected chi connectivity index (χ3v) is 3.53. The van der Waals surface area contributed by atoms with Crippen LogP contribution in [0.15, 0.2) is 29.1 Å². The molecule has 1 fully saturated rings. The molecule has 1 atom stereocenters. The molecule has 0 aliphatic carbocycles. The Morgan fingerprint density at radius 3 is 2.95 bits per heavy atom. The van der Waals surface area contributed by atoms with Crippen molar-refractivity contribution < 1.29 is 14.6 Å². The van der Waals surface area contributed by atoms with Crippen molar-refractivity contribution in [2.75, 3.05) is 26.3 Å². The number of ether oxygens (including phenoxy) is 1. The predicted octanol–water partition coefficient (Wildman–Crippen LogP) is -0.244. The summed E-state index contributed by atoms with van der Waals surface area (Å²) in [6.45, 7) is 0.983. The minimum absolute atomic E-state index is 0.135. The molecule has 0 spiro atoms. The summed E-state index contributed by atoms with van der Waals surface area (Å²) in [5.74, 6) is -0.274. The summed E-state index contributed by atoms with van der Waals surface area (Å²) in [5, 5.41) is 16.4. The smallest absolute Gasteiger partial charge is 0.275 e. The van der Waals surface area contributed by atoms with Gasteiger partial charge in [0.25, 0.3) is 11.5 Å². The molecule has 1 unspecified atom stereocenters. The molecule has 21 heavy (non-hydrogen) atoms. The van der Waals surface area contributed by atoms with Gasteiger partial charge in [0, 0.05) is 18.5 Å². The fourth-order valence-corrected chi connectivity index (χ4v) is 2.44. The lowest BCUT2D eigenvalue weighted by molar-refractivity contribution is -0.0448. The van der Waals surface area contributed by atoms with Crippen LogP contribution < -0.4 is 5.56 Å². The van der Waals surface area contributed by atoms with Crippen LogP contribution in [-0.4, -0.2) is 58.5 Å². The van der Waals surface area contributed by atoms with Crippen LogP contribution in [0.5, 0.6) is 0 Å². The van der Waals surface area contributed by atoms with Crippen molar-refractivity contribution in [3.8, 4) is 0 Å². The summed E-state index contributed by atoms with van der Waals surface area (Å²) >= 11 is 0. The van der Waals surface area contributed by atoms with Gasteiger partial charge in [-0.3, -0.25) is 9.59 Å². The lowest BCUT2D eigenvalue weighted by Gasteiger charge is -2.31. The molecular formula is C14H15N3O4. The number of carbonyl (C=O) groups excluding carboxylic acids is 1. The molecule has 1 aliphatic rings. The molecule has 7 nitrogen and oxygen atoms in total. The second-order valence-electron chi connectivity index (χ2n) is 4.87. The number of hydrogen-bond acceptors (Lipinski definition) is 5. The molecule has 1 aliphatic heterocycles. The number of aromatic nitrogens is 2. The first-order valence-corrected chi connectivity index (χ1v) is 6.70. The Kier molecular flexibility index (Phi) is 3.68. The van der Waals surface area contributed by atoms with Gasteiger partial charge in [-0.05, 0) is 6.07 Å². The molecule has 1 aromatic carbocycles. The minimum Gasteiger partial charge on any atom is -0.394 e. The van der Waals surface area contributed by atoms with E-state index in [-0.39, 0.29) is 29.9 Å². The van der Waals surface area contributed by atoms with Crippen LogP contribution in [0.2, 0.25) is 0 Å². The van der Waals surface area contributed by atoms with Crippen molar-refractivity contribution in [3.63, 3.8) is 0 Å². The van der Waals surface area contributed by atoms with Gasteiger partial charge in [0.15, 0.2) is 5.69 Å². The van der Waals surface area contributed by atoms with Crippen LogP contribution in [0, 0.1) is 0 Å². The molecule has 3 rings (SSSR count). The second-order valence-corrected chi connectivity index (χ2v) is 4.87. The summed E-state index contributed by atoms with van der Waals surface area (Å²) in [7, 11) is 0. The number of nitrogens with zero attached hydrogens (tertiary/aromatic N) is 2. The topological polar surface area (TPSA) is 95.5 Å². The summed E-state index contributed by atoms with van der Waals surface area (Å²) < 4.78 is 5.33. The summed E-state index contributed by atoms with van der Waals surface area (Å²) in [4.78, 5) is 25.9. The van der Waals surface area contributed by atoms with Gasteiger partial charge in [-0.25, -0.2) is 5.10 Å². The number of aliphatic hydroxyl groups is 1. The van der Waals surface area contributed by atoms with Gasteiger partial charge in [0.05, 0.1) is 24.7 Å². The molecule has 2 heterocycles. The molecule has 0 bridgehead atoms. The number of morpholine rings is 1. The molecule has 2 N–H and O–H groups in total. The average Bonchev–Trinajstić information content (AvgIpc) is 2.55. The van der Waals surface area contributed by atoms with E-state index in [9.17, 15) is 9.59 Å². The van der Waals surface area contributed by atoms with Gasteiger partial charge in [-0.15, -0.1) is 0 Å². The maximum Gasteiger partial charge on any atom is 0.275 e. The van der Waals surface area contributed by atoms with E-state index in [1.165, 1.54) is 0 Å². The lowest BCUT2D eigenvalue weighted by Crippen LogP contribution is -2.47. The largest absolute Gasteiger partial charge is 0.394 e. The zero-order valence-corrected chi connectivity index (χ0v) is 11.3. The summed E-state index contributed by atoms with van der Waals surface area (Å²) in [6.07, 6.45) is -0.378. The van der Waals surface area contributed by atoms with E-state index in [1.807, 2.05) is 0 Å². The number of nitrogens with one attached hydrogen (secondary N) is 1. The second kappa shape index (κ2) is 5.63. The predicted molar refractivity (Wildman–Crippen MR) is 75.1 cm³/mol. The van der Waals surface area contributed by atoms with Gasteiger partial charge in [0.1, 0.15) is 0 Å². The average molecular weight is 289 g/mol. The molecule has 1 aromatic heterocycles. The van der Waals surface area contributed by atoms with Crippen LogP contribution in [0.1, 0.15) is 10.5 Å². The molecule has 2 aromatic rings. The highest BCUT2D eigenvalue weighted by molar-refractivity contribution is 6.04. The number of fused-ring (bicyclic) bond motifs is 1. The molecule has 110 valence electrons. The van der Waals surface area contributed by atoms with E-state index in [4.69, 9.17) is 9.84 Å². The number of rotatable bonds is 2. The maximum atomic E-state index is 12.6. The molecule has 0 saturated carbocycles. The van der Waals surface area contributed by atoms with Crippen LogP contribution >= 0.6 is 0 Å². The normalized spacial score (nSPS) is 18.9. The van der Waals surface area contributed by atoms with Crippen LogP contribution in [0.3, 0.4) is 0 Å². The van der Waals surface area contributed by atoms with Gasteiger partial charge in [-0.1, -0.05) is 18.2 Å². The SMILES string of the molecule is O=C(c1n[nH]c(=O)c2ccccc12)N1CCOC(CO)C1. The standard InChI is InChI=1S/C14H15N3O4/c18-8-9-7-17(5-6-21-9)14(20)12-10-3-1-2-4-11(10)13(19)16-15-12/h1-4,9,18H,5-8H2,(H,16,19). The van der Waals surface area contributed by atoms with Gasteiger partial charge in [-0.2, -0.15) is 5.10 Å². The highest BCUT2D eigenvalue weighted by atomic mass is 16.5. The lowest BCUT2D eigenvalue weighted by atomic mass is 10.1. The highest BCUT2D eigenvalue weighted by Crippen LogP contribution is 2.16. The minimum atomic E-state index is -0.378. The van der Waals surface area contributed by atoms with Crippen molar-refractivity contribution in [3.05, 3.63) is 40.3 Å². The fourth-order valence-electron chi connectivity index (χ4n) is 2.44. The van der Waals surface area contributed by atoms with E-state index in [0.717, 1.165) is 0 Å². The Bertz CT molecular complexity index is 727. The number of H-pyrrole nitrogens is 1.